The third-order valence-corrected chi connectivity index (χ3v) is 3.25. The van der Waals surface area contributed by atoms with Gasteiger partial charge in [0.15, 0.2) is 0 Å². The first-order valence-corrected chi connectivity index (χ1v) is 4.42. The molecule has 2 atom stereocenters. The number of carboxylic acids is 1. The molecule has 1 rings (SSSR count). The Morgan fingerprint density at radius 3 is 2.58 bits per heavy atom. The number of carbonyl (C=O) groups is 1. The highest BCUT2D eigenvalue weighted by Crippen LogP contribution is 2.47. The van der Waals surface area contributed by atoms with Crippen LogP contribution in [0.5, 0.6) is 0 Å². The monoisotopic (exact) mass is 171 g/mol. The largest absolute Gasteiger partial charge is 0.481 e. The number of carboxylic acid groups (broad SMARTS) is 1. The molecule has 0 unspecified atom stereocenters. The smallest absolute Gasteiger partial charge is 0.303 e. The second kappa shape index (κ2) is 3.05. The Labute approximate surface area is 72.9 Å². The highest BCUT2D eigenvalue weighted by Gasteiger charge is 2.45. The van der Waals surface area contributed by atoms with Gasteiger partial charge in [0.25, 0.3) is 0 Å². The first-order chi connectivity index (χ1) is 5.44. The van der Waals surface area contributed by atoms with Crippen molar-refractivity contribution in [1.29, 1.82) is 0 Å². The SMILES string of the molecule is CC1(C)[C@H](CCC(=O)O)C[C@H]1N. The molecule has 1 fully saturated rings. The molecule has 0 aliphatic heterocycles. The van der Waals surface area contributed by atoms with Crippen molar-refractivity contribution in [3.05, 3.63) is 0 Å². The van der Waals surface area contributed by atoms with Gasteiger partial charge in [-0.2, -0.15) is 0 Å². The first-order valence-electron chi connectivity index (χ1n) is 4.42. The van der Waals surface area contributed by atoms with E-state index >= 15 is 0 Å². The van der Waals surface area contributed by atoms with Crippen molar-refractivity contribution in [2.24, 2.45) is 17.1 Å². The minimum atomic E-state index is -0.703. The van der Waals surface area contributed by atoms with E-state index in [0.717, 1.165) is 12.8 Å². The van der Waals surface area contributed by atoms with Gasteiger partial charge in [-0.1, -0.05) is 13.8 Å². The Bertz CT molecular complexity index is 189. The van der Waals surface area contributed by atoms with Crippen molar-refractivity contribution in [3.8, 4) is 0 Å². The van der Waals surface area contributed by atoms with Crippen molar-refractivity contribution in [3.63, 3.8) is 0 Å². The van der Waals surface area contributed by atoms with Gasteiger partial charge in [0.1, 0.15) is 0 Å². The standard InChI is InChI=1S/C9H17NO2/c1-9(2)6(5-7(9)10)3-4-8(11)12/h6-7H,3-5,10H2,1-2H3,(H,11,12)/t6-,7-/m1/s1. The van der Waals surface area contributed by atoms with Crippen molar-refractivity contribution in [2.75, 3.05) is 0 Å². The van der Waals surface area contributed by atoms with Crippen LogP contribution in [0.15, 0.2) is 0 Å². The molecule has 3 N–H and O–H groups in total. The zero-order valence-corrected chi connectivity index (χ0v) is 7.71. The number of aliphatic carboxylic acids is 1. The highest BCUT2D eigenvalue weighted by atomic mass is 16.4. The predicted molar refractivity (Wildman–Crippen MR) is 46.7 cm³/mol. The molecule has 0 saturated heterocycles. The molecule has 0 spiro atoms. The maximum Gasteiger partial charge on any atom is 0.303 e. The molecule has 0 bridgehead atoms. The van der Waals surface area contributed by atoms with E-state index in [2.05, 4.69) is 13.8 Å². The molecule has 1 aliphatic rings. The Hall–Kier alpha value is -0.570. The topological polar surface area (TPSA) is 63.3 Å². The summed E-state index contributed by atoms with van der Waals surface area (Å²) < 4.78 is 0. The minimum absolute atomic E-state index is 0.148. The van der Waals surface area contributed by atoms with Crippen LogP contribution in [0.4, 0.5) is 0 Å². The molecule has 0 aromatic carbocycles. The number of hydrogen-bond donors (Lipinski definition) is 2. The summed E-state index contributed by atoms with van der Waals surface area (Å²) >= 11 is 0. The molecule has 0 aromatic heterocycles. The van der Waals surface area contributed by atoms with Gasteiger partial charge in [-0.25, -0.2) is 0 Å². The molecular weight excluding hydrogens is 154 g/mol. The van der Waals surface area contributed by atoms with E-state index in [1.807, 2.05) is 0 Å². The van der Waals surface area contributed by atoms with Gasteiger partial charge in [-0.05, 0) is 24.2 Å². The Kier molecular flexibility index (Phi) is 2.42. The van der Waals surface area contributed by atoms with Gasteiger partial charge in [0, 0.05) is 12.5 Å². The summed E-state index contributed by atoms with van der Waals surface area (Å²) in [6.07, 6.45) is 2.04. The number of nitrogens with two attached hydrogens (primary N) is 1. The van der Waals surface area contributed by atoms with Gasteiger partial charge >= 0.3 is 5.97 Å². The van der Waals surface area contributed by atoms with Gasteiger partial charge in [0.2, 0.25) is 0 Å². The van der Waals surface area contributed by atoms with Crippen LogP contribution >= 0.6 is 0 Å². The van der Waals surface area contributed by atoms with E-state index in [1.165, 1.54) is 0 Å². The molecule has 70 valence electrons. The van der Waals surface area contributed by atoms with Crippen LogP contribution in [0.1, 0.15) is 33.1 Å². The average Bonchev–Trinajstić information content (AvgIpc) is 1.97. The molecule has 0 radical (unpaired) electrons. The lowest BCUT2D eigenvalue weighted by molar-refractivity contribution is -0.138. The van der Waals surface area contributed by atoms with Crippen molar-refractivity contribution < 1.29 is 9.90 Å². The minimum Gasteiger partial charge on any atom is -0.481 e. The summed E-state index contributed by atoms with van der Waals surface area (Å²) in [4.78, 5) is 10.3. The maximum absolute atomic E-state index is 10.3. The summed E-state index contributed by atoms with van der Waals surface area (Å²) in [5, 5.41) is 8.49. The molecule has 12 heavy (non-hydrogen) atoms. The van der Waals surface area contributed by atoms with E-state index in [0.29, 0.717) is 5.92 Å². The average molecular weight is 171 g/mol. The van der Waals surface area contributed by atoms with Crippen molar-refractivity contribution in [2.45, 2.75) is 39.2 Å². The van der Waals surface area contributed by atoms with E-state index in [-0.39, 0.29) is 17.9 Å². The first kappa shape index (κ1) is 9.52. The van der Waals surface area contributed by atoms with Crippen LogP contribution in [0, 0.1) is 11.3 Å². The zero-order valence-electron chi connectivity index (χ0n) is 7.71. The molecule has 0 amide bonds. The zero-order chi connectivity index (χ0) is 9.35. The normalized spacial score (nSPS) is 32.6. The number of hydrogen-bond acceptors (Lipinski definition) is 2. The molecular formula is C9H17NO2. The summed E-state index contributed by atoms with van der Waals surface area (Å²) in [6, 6.07) is 0.260. The van der Waals surface area contributed by atoms with Crippen molar-refractivity contribution >= 4 is 5.97 Å². The number of rotatable bonds is 3. The second-order valence-electron chi connectivity index (χ2n) is 4.29. The van der Waals surface area contributed by atoms with Crippen LogP contribution in [0.3, 0.4) is 0 Å². The van der Waals surface area contributed by atoms with Crippen LogP contribution in [0.25, 0.3) is 0 Å². The lowest BCUT2D eigenvalue weighted by atomic mass is 9.57. The molecule has 1 saturated carbocycles. The predicted octanol–water partition coefficient (Wildman–Crippen LogP) is 1.22. The molecule has 3 nitrogen and oxygen atoms in total. The van der Waals surface area contributed by atoms with Gasteiger partial charge in [0.05, 0.1) is 0 Å². The van der Waals surface area contributed by atoms with E-state index in [4.69, 9.17) is 10.8 Å². The molecule has 0 heterocycles. The van der Waals surface area contributed by atoms with Gasteiger partial charge < -0.3 is 10.8 Å². The Balaban J connectivity index is 2.32. The fraction of sp³-hybridized carbons (Fsp3) is 0.889. The summed E-state index contributed by atoms with van der Waals surface area (Å²) in [6.45, 7) is 4.24. The van der Waals surface area contributed by atoms with E-state index in [9.17, 15) is 4.79 Å². The van der Waals surface area contributed by atoms with Crippen LogP contribution in [-0.4, -0.2) is 17.1 Å². The Morgan fingerprint density at radius 2 is 2.25 bits per heavy atom. The lowest BCUT2D eigenvalue weighted by Gasteiger charge is -2.50. The quantitative estimate of drug-likeness (QED) is 0.671. The van der Waals surface area contributed by atoms with E-state index < -0.39 is 5.97 Å². The van der Waals surface area contributed by atoms with Crippen LogP contribution in [0.2, 0.25) is 0 Å². The Morgan fingerprint density at radius 1 is 1.67 bits per heavy atom. The third kappa shape index (κ3) is 1.61. The van der Waals surface area contributed by atoms with Crippen molar-refractivity contribution in [1.82, 2.24) is 0 Å². The van der Waals surface area contributed by atoms with Gasteiger partial charge in [-0.15, -0.1) is 0 Å². The van der Waals surface area contributed by atoms with E-state index in [1.54, 1.807) is 0 Å². The molecule has 1 aliphatic carbocycles. The van der Waals surface area contributed by atoms with Crippen LogP contribution in [-0.2, 0) is 4.79 Å². The fourth-order valence-electron chi connectivity index (χ4n) is 1.84. The fourth-order valence-corrected chi connectivity index (χ4v) is 1.84. The van der Waals surface area contributed by atoms with Crippen LogP contribution < -0.4 is 5.73 Å². The summed E-state index contributed by atoms with van der Waals surface area (Å²) in [5.41, 5.74) is 5.95. The lowest BCUT2D eigenvalue weighted by Crippen LogP contribution is -2.54. The molecule has 0 aromatic rings. The molecule has 3 heteroatoms. The second-order valence-corrected chi connectivity index (χ2v) is 4.29. The maximum atomic E-state index is 10.3. The van der Waals surface area contributed by atoms with Gasteiger partial charge in [-0.3, -0.25) is 4.79 Å². The highest BCUT2D eigenvalue weighted by molar-refractivity contribution is 5.66. The summed E-state index contributed by atoms with van der Waals surface area (Å²) in [7, 11) is 0. The summed E-state index contributed by atoms with van der Waals surface area (Å²) in [5.74, 6) is -0.199. The third-order valence-electron chi connectivity index (χ3n) is 3.25.